The molecule has 0 fully saturated rings. The lowest BCUT2D eigenvalue weighted by atomic mass is 10.3. The van der Waals surface area contributed by atoms with E-state index in [2.05, 4.69) is 17.6 Å². The predicted octanol–water partition coefficient (Wildman–Crippen LogP) is 0.957. The fourth-order valence-electron chi connectivity index (χ4n) is 1.33. The van der Waals surface area contributed by atoms with Crippen molar-refractivity contribution >= 4 is 15.7 Å². The number of nitrogens with one attached hydrogen (secondary N) is 2. The molecule has 0 aliphatic rings. The summed E-state index contributed by atoms with van der Waals surface area (Å²) >= 11 is 0. The molecule has 0 saturated heterocycles. The van der Waals surface area contributed by atoms with Crippen LogP contribution in [0.25, 0.3) is 0 Å². The summed E-state index contributed by atoms with van der Waals surface area (Å²) in [6.45, 7) is 2.86. The van der Waals surface area contributed by atoms with E-state index in [1.165, 1.54) is 18.4 Å². The lowest BCUT2D eigenvalue weighted by molar-refractivity contribution is 0.521. The molecule has 5 nitrogen and oxygen atoms in total. The van der Waals surface area contributed by atoms with Crippen LogP contribution in [0.3, 0.4) is 0 Å². The fourth-order valence-corrected chi connectivity index (χ4v) is 2.23. The van der Waals surface area contributed by atoms with E-state index in [1.54, 1.807) is 24.3 Å². The average molecular weight is 271 g/mol. The zero-order valence-electron chi connectivity index (χ0n) is 11.3. The maximum absolute atomic E-state index is 11.9. The Hall–Kier alpha value is -1.11. The number of sulfonamides is 1. The number of hydrogen-bond acceptors (Lipinski definition) is 4. The Morgan fingerprint density at radius 2 is 1.78 bits per heavy atom. The highest BCUT2D eigenvalue weighted by Gasteiger charge is 2.16. The van der Waals surface area contributed by atoms with E-state index in [1.807, 2.05) is 7.05 Å². The van der Waals surface area contributed by atoms with Gasteiger partial charge in [-0.05, 0) is 38.2 Å². The molecule has 0 amide bonds. The molecule has 0 spiro atoms. The highest BCUT2D eigenvalue weighted by Crippen LogP contribution is 2.16. The van der Waals surface area contributed by atoms with Gasteiger partial charge in [-0.2, -0.15) is 0 Å². The average Bonchev–Trinajstić information content (AvgIpc) is 2.36. The summed E-state index contributed by atoms with van der Waals surface area (Å²) in [5.41, 5.74) is 0.912. The van der Waals surface area contributed by atoms with Crippen LogP contribution in [0, 0.1) is 0 Å². The highest BCUT2D eigenvalue weighted by molar-refractivity contribution is 7.89. The number of nitrogens with zero attached hydrogens (tertiary/aromatic N) is 1. The van der Waals surface area contributed by atoms with Crippen LogP contribution in [0.5, 0.6) is 0 Å². The second-order valence-corrected chi connectivity index (χ2v) is 6.53. The first-order chi connectivity index (χ1) is 8.37. The van der Waals surface area contributed by atoms with E-state index in [0.29, 0.717) is 10.9 Å². The van der Waals surface area contributed by atoms with Gasteiger partial charge in [-0.25, -0.2) is 12.7 Å². The van der Waals surface area contributed by atoms with E-state index in [9.17, 15) is 8.42 Å². The van der Waals surface area contributed by atoms with E-state index < -0.39 is 10.0 Å². The van der Waals surface area contributed by atoms with Crippen molar-refractivity contribution in [3.8, 4) is 0 Å². The summed E-state index contributed by atoms with van der Waals surface area (Å²) in [6.07, 6.45) is 0. The molecule has 1 aromatic carbocycles. The van der Waals surface area contributed by atoms with Crippen molar-refractivity contribution in [3.63, 3.8) is 0 Å². The number of benzene rings is 1. The first-order valence-electron chi connectivity index (χ1n) is 5.81. The summed E-state index contributed by atoms with van der Waals surface area (Å²) in [5.74, 6) is 0. The van der Waals surface area contributed by atoms with Gasteiger partial charge in [0.15, 0.2) is 0 Å². The van der Waals surface area contributed by atoms with Crippen LogP contribution in [0.15, 0.2) is 29.2 Å². The summed E-state index contributed by atoms with van der Waals surface area (Å²) in [4.78, 5) is 0.305. The van der Waals surface area contributed by atoms with Gasteiger partial charge in [0.05, 0.1) is 4.90 Å². The second kappa shape index (κ2) is 6.17. The Kier molecular flexibility index (Phi) is 5.13. The number of rotatable bonds is 6. The third-order valence-electron chi connectivity index (χ3n) is 2.74. The zero-order valence-corrected chi connectivity index (χ0v) is 12.1. The Bertz CT molecular complexity index is 469. The summed E-state index contributed by atoms with van der Waals surface area (Å²) in [6, 6.07) is 7.14. The largest absolute Gasteiger partial charge is 0.383 e. The van der Waals surface area contributed by atoms with Crippen molar-refractivity contribution < 1.29 is 8.42 Å². The number of anilines is 1. The fraction of sp³-hybridized carbons (Fsp3) is 0.500. The molecule has 0 aliphatic carbocycles. The van der Waals surface area contributed by atoms with Gasteiger partial charge < -0.3 is 10.6 Å². The van der Waals surface area contributed by atoms with Crippen LogP contribution >= 0.6 is 0 Å². The van der Waals surface area contributed by atoms with Crippen molar-refractivity contribution in [1.82, 2.24) is 9.62 Å². The number of hydrogen-bond donors (Lipinski definition) is 2. The Labute approximate surface area is 109 Å². The Morgan fingerprint density at radius 1 is 1.22 bits per heavy atom. The lowest BCUT2D eigenvalue weighted by Crippen LogP contribution is -2.29. The van der Waals surface area contributed by atoms with Gasteiger partial charge in [-0.1, -0.05) is 0 Å². The third kappa shape index (κ3) is 3.69. The van der Waals surface area contributed by atoms with Crippen LogP contribution < -0.4 is 10.6 Å². The molecule has 6 heteroatoms. The van der Waals surface area contributed by atoms with Crippen LogP contribution in [-0.2, 0) is 10.0 Å². The molecule has 1 unspecified atom stereocenters. The SMILES string of the molecule is CNC(C)CNc1ccc(S(=O)(=O)N(C)C)cc1. The molecule has 0 radical (unpaired) electrons. The number of likely N-dealkylation sites (N-methyl/N-ethyl adjacent to an activating group) is 1. The molecule has 1 rings (SSSR count). The lowest BCUT2D eigenvalue weighted by Gasteiger charge is -2.14. The van der Waals surface area contributed by atoms with E-state index in [4.69, 9.17) is 0 Å². The zero-order chi connectivity index (χ0) is 13.8. The molecule has 102 valence electrons. The molecule has 2 N–H and O–H groups in total. The van der Waals surface area contributed by atoms with Crippen LogP contribution in [0.4, 0.5) is 5.69 Å². The minimum Gasteiger partial charge on any atom is -0.383 e. The molecular weight excluding hydrogens is 250 g/mol. The monoisotopic (exact) mass is 271 g/mol. The van der Waals surface area contributed by atoms with Crippen molar-refractivity contribution in [2.24, 2.45) is 0 Å². The van der Waals surface area contributed by atoms with E-state index >= 15 is 0 Å². The van der Waals surface area contributed by atoms with Gasteiger partial charge in [-0.3, -0.25) is 0 Å². The summed E-state index contributed by atoms with van der Waals surface area (Å²) in [7, 11) is 1.61. The van der Waals surface area contributed by atoms with Crippen LogP contribution in [0.2, 0.25) is 0 Å². The molecule has 0 heterocycles. The molecule has 1 aromatic rings. The molecule has 1 atom stereocenters. The Balaban J connectivity index is 2.75. The summed E-state index contributed by atoms with van der Waals surface area (Å²) in [5, 5.41) is 6.35. The third-order valence-corrected chi connectivity index (χ3v) is 4.57. The van der Waals surface area contributed by atoms with Crippen molar-refractivity contribution in [2.45, 2.75) is 17.9 Å². The standard InChI is InChI=1S/C12H21N3O2S/c1-10(13-2)9-14-11-5-7-12(8-6-11)18(16,17)15(3)4/h5-8,10,13-14H,9H2,1-4H3. The maximum Gasteiger partial charge on any atom is 0.242 e. The highest BCUT2D eigenvalue weighted by atomic mass is 32.2. The molecule has 0 bridgehead atoms. The van der Waals surface area contributed by atoms with Gasteiger partial charge >= 0.3 is 0 Å². The van der Waals surface area contributed by atoms with Crippen LogP contribution in [0.1, 0.15) is 6.92 Å². The Morgan fingerprint density at radius 3 is 2.22 bits per heavy atom. The first-order valence-corrected chi connectivity index (χ1v) is 7.25. The predicted molar refractivity (Wildman–Crippen MR) is 74.3 cm³/mol. The quantitative estimate of drug-likeness (QED) is 0.809. The van der Waals surface area contributed by atoms with Gasteiger partial charge in [0.25, 0.3) is 0 Å². The van der Waals surface area contributed by atoms with Gasteiger partial charge in [0.1, 0.15) is 0 Å². The topological polar surface area (TPSA) is 61.4 Å². The molecule has 18 heavy (non-hydrogen) atoms. The van der Waals surface area contributed by atoms with Gasteiger partial charge in [0.2, 0.25) is 10.0 Å². The first kappa shape index (κ1) is 14.9. The molecule has 0 saturated carbocycles. The maximum atomic E-state index is 11.9. The van der Waals surface area contributed by atoms with Gasteiger partial charge in [-0.15, -0.1) is 0 Å². The minimum atomic E-state index is -3.34. The second-order valence-electron chi connectivity index (χ2n) is 4.38. The van der Waals surface area contributed by atoms with Crippen molar-refractivity contribution in [3.05, 3.63) is 24.3 Å². The van der Waals surface area contributed by atoms with Crippen molar-refractivity contribution in [2.75, 3.05) is 33.0 Å². The van der Waals surface area contributed by atoms with Crippen molar-refractivity contribution in [1.29, 1.82) is 0 Å². The molecular formula is C12H21N3O2S. The van der Waals surface area contributed by atoms with E-state index in [0.717, 1.165) is 12.2 Å². The van der Waals surface area contributed by atoms with E-state index in [-0.39, 0.29) is 0 Å². The minimum absolute atomic E-state index is 0.305. The molecule has 0 aromatic heterocycles. The smallest absolute Gasteiger partial charge is 0.242 e. The normalized spacial score (nSPS) is 13.6. The molecule has 0 aliphatic heterocycles. The van der Waals surface area contributed by atoms with Crippen LogP contribution in [-0.4, -0.2) is 46.5 Å². The summed E-state index contributed by atoms with van der Waals surface area (Å²) < 4.78 is 24.9. The van der Waals surface area contributed by atoms with Gasteiger partial charge in [0, 0.05) is 32.4 Å².